The highest BCUT2D eigenvalue weighted by molar-refractivity contribution is 8.00. The highest BCUT2D eigenvalue weighted by Gasteiger charge is 2.37. The van der Waals surface area contributed by atoms with Gasteiger partial charge in [-0.05, 0) is 31.2 Å². The van der Waals surface area contributed by atoms with Gasteiger partial charge in [0, 0.05) is 36.4 Å². The van der Waals surface area contributed by atoms with Crippen LogP contribution in [0, 0.1) is 25.7 Å². The third-order valence-corrected chi connectivity index (χ3v) is 7.09. The Kier molecular flexibility index (Phi) is 5.34. The van der Waals surface area contributed by atoms with Crippen molar-refractivity contribution in [1.29, 1.82) is 0 Å². The summed E-state index contributed by atoms with van der Waals surface area (Å²) in [5.74, 6) is 2.00. The van der Waals surface area contributed by atoms with E-state index in [0.717, 1.165) is 41.4 Å². The lowest BCUT2D eigenvalue weighted by molar-refractivity contribution is -0.127. The second-order valence-corrected chi connectivity index (χ2v) is 8.58. The Bertz CT molecular complexity index is 754. The molecular formula is C16H21ClN4OS2. The van der Waals surface area contributed by atoms with E-state index in [1.165, 1.54) is 10.4 Å². The van der Waals surface area contributed by atoms with Gasteiger partial charge >= 0.3 is 0 Å². The molecule has 2 aliphatic rings. The third kappa shape index (κ3) is 3.14. The number of nitrogens with one attached hydrogen (secondary N) is 1. The zero-order chi connectivity index (χ0) is 16.0. The van der Waals surface area contributed by atoms with Crippen LogP contribution in [-0.4, -0.2) is 52.7 Å². The summed E-state index contributed by atoms with van der Waals surface area (Å²) in [5, 5.41) is 5.47. The number of aromatic nitrogens is 2. The highest BCUT2D eigenvalue weighted by Crippen LogP contribution is 2.35. The van der Waals surface area contributed by atoms with Crippen LogP contribution in [0.25, 0.3) is 10.2 Å². The summed E-state index contributed by atoms with van der Waals surface area (Å²) in [6, 6.07) is 0. The number of thioether (sulfide) groups is 1. The van der Waals surface area contributed by atoms with E-state index in [1.807, 2.05) is 4.90 Å². The predicted molar refractivity (Wildman–Crippen MR) is 101 cm³/mol. The fourth-order valence-corrected chi connectivity index (χ4v) is 5.56. The van der Waals surface area contributed by atoms with Crippen LogP contribution in [0.4, 0.5) is 0 Å². The van der Waals surface area contributed by atoms with Crippen LogP contribution in [0.5, 0.6) is 0 Å². The summed E-state index contributed by atoms with van der Waals surface area (Å²) in [6.45, 7) is 8.15. The largest absolute Gasteiger partial charge is 0.341 e. The van der Waals surface area contributed by atoms with Crippen LogP contribution >= 0.6 is 35.5 Å². The number of likely N-dealkylation sites (tertiary alicyclic amines) is 1. The first kappa shape index (κ1) is 17.9. The average Bonchev–Trinajstić information content (AvgIpc) is 3.19. The number of aryl methyl sites for hydroxylation is 2. The van der Waals surface area contributed by atoms with Gasteiger partial charge in [0.1, 0.15) is 16.2 Å². The Hall–Kier alpha value is -0.890. The SMILES string of the molecule is Cc1sc2ncnc(SCC(=O)N3C[C@H]4CNC[C@H]4C3)c2c1C.Cl. The van der Waals surface area contributed by atoms with E-state index in [4.69, 9.17) is 0 Å². The van der Waals surface area contributed by atoms with E-state index in [2.05, 4.69) is 29.1 Å². The summed E-state index contributed by atoms with van der Waals surface area (Å²) >= 11 is 3.25. The molecule has 0 radical (unpaired) electrons. The van der Waals surface area contributed by atoms with Gasteiger partial charge in [0.15, 0.2) is 0 Å². The van der Waals surface area contributed by atoms with Gasteiger partial charge in [0.2, 0.25) is 5.91 Å². The molecule has 2 atom stereocenters. The van der Waals surface area contributed by atoms with Crippen molar-refractivity contribution in [3.63, 3.8) is 0 Å². The fraction of sp³-hybridized carbons (Fsp3) is 0.562. The quantitative estimate of drug-likeness (QED) is 0.650. The van der Waals surface area contributed by atoms with Gasteiger partial charge in [0.25, 0.3) is 0 Å². The Morgan fingerprint density at radius 2 is 2.04 bits per heavy atom. The molecule has 4 rings (SSSR count). The molecule has 0 bridgehead atoms. The van der Waals surface area contributed by atoms with Crippen molar-refractivity contribution in [3.8, 4) is 0 Å². The van der Waals surface area contributed by atoms with Crippen molar-refractivity contribution >= 4 is 51.6 Å². The van der Waals surface area contributed by atoms with Gasteiger partial charge in [-0.25, -0.2) is 9.97 Å². The molecule has 8 heteroatoms. The number of rotatable bonds is 3. The van der Waals surface area contributed by atoms with E-state index in [9.17, 15) is 4.79 Å². The number of halogens is 1. The number of hydrogen-bond donors (Lipinski definition) is 1. The van der Waals surface area contributed by atoms with E-state index in [-0.39, 0.29) is 18.3 Å². The Labute approximate surface area is 156 Å². The molecule has 130 valence electrons. The molecule has 2 aromatic heterocycles. The first-order valence-corrected chi connectivity index (χ1v) is 9.75. The lowest BCUT2D eigenvalue weighted by atomic mass is 10.0. The van der Waals surface area contributed by atoms with Gasteiger partial charge in [-0.3, -0.25) is 4.79 Å². The van der Waals surface area contributed by atoms with Crippen molar-refractivity contribution in [3.05, 3.63) is 16.8 Å². The Balaban J connectivity index is 0.00000169. The standard InChI is InChI=1S/C16H20N4OS2.ClH/c1-9-10(2)23-16-14(9)15(18-8-19-16)22-7-13(21)20-5-11-3-17-4-12(11)6-20;/h8,11-12,17H,3-7H2,1-2H3;1H/t11-,12+;. The van der Waals surface area contributed by atoms with E-state index < -0.39 is 0 Å². The number of thiophene rings is 1. The summed E-state index contributed by atoms with van der Waals surface area (Å²) in [4.78, 5) is 25.6. The minimum atomic E-state index is 0. The summed E-state index contributed by atoms with van der Waals surface area (Å²) in [6.07, 6.45) is 1.61. The smallest absolute Gasteiger partial charge is 0.233 e. The monoisotopic (exact) mass is 384 g/mol. The molecule has 5 nitrogen and oxygen atoms in total. The molecule has 0 unspecified atom stereocenters. The predicted octanol–water partition coefficient (Wildman–Crippen LogP) is 2.50. The molecule has 0 saturated carbocycles. The second kappa shape index (κ2) is 7.15. The fourth-order valence-electron chi connectivity index (χ4n) is 3.54. The van der Waals surface area contributed by atoms with Crippen LogP contribution in [0.2, 0.25) is 0 Å². The zero-order valence-corrected chi connectivity index (χ0v) is 16.2. The minimum absolute atomic E-state index is 0. The first-order valence-electron chi connectivity index (χ1n) is 7.95. The van der Waals surface area contributed by atoms with Crippen LogP contribution in [-0.2, 0) is 4.79 Å². The van der Waals surface area contributed by atoms with Crippen molar-refractivity contribution < 1.29 is 4.79 Å². The maximum atomic E-state index is 12.5. The Morgan fingerprint density at radius 3 is 2.75 bits per heavy atom. The normalized spacial score (nSPS) is 22.7. The second-order valence-electron chi connectivity index (χ2n) is 6.41. The number of carbonyl (C=O) groups excluding carboxylic acids is 1. The van der Waals surface area contributed by atoms with E-state index in [0.29, 0.717) is 17.6 Å². The summed E-state index contributed by atoms with van der Waals surface area (Å²) in [7, 11) is 0. The van der Waals surface area contributed by atoms with Crippen LogP contribution in [0.15, 0.2) is 11.4 Å². The minimum Gasteiger partial charge on any atom is -0.341 e. The summed E-state index contributed by atoms with van der Waals surface area (Å²) in [5.41, 5.74) is 1.24. The van der Waals surface area contributed by atoms with Crippen molar-refractivity contribution in [2.75, 3.05) is 31.9 Å². The van der Waals surface area contributed by atoms with Crippen LogP contribution < -0.4 is 5.32 Å². The molecular weight excluding hydrogens is 364 g/mol. The topological polar surface area (TPSA) is 58.1 Å². The van der Waals surface area contributed by atoms with E-state index in [1.54, 1.807) is 29.4 Å². The number of carbonyl (C=O) groups is 1. The third-order valence-electron chi connectivity index (χ3n) is 5.01. The molecule has 2 aliphatic heterocycles. The molecule has 2 saturated heterocycles. The van der Waals surface area contributed by atoms with Gasteiger partial charge in [-0.2, -0.15) is 0 Å². The number of nitrogens with zero attached hydrogens (tertiary/aromatic N) is 3. The van der Waals surface area contributed by atoms with Crippen LogP contribution in [0.1, 0.15) is 10.4 Å². The lowest BCUT2D eigenvalue weighted by Crippen LogP contribution is -2.33. The maximum absolute atomic E-state index is 12.5. The highest BCUT2D eigenvalue weighted by atomic mass is 35.5. The molecule has 1 amide bonds. The van der Waals surface area contributed by atoms with Gasteiger partial charge in [-0.1, -0.05) is 11.8 Å². The van der Waals surface area contributed by atoms with Crippen molar-refractivity contribution in [1.82, 2.24) is 20.2 Å². The zero-order valence-electron chi connectivity index (χ0n) is 13.7. The molecule has 1 N–H and O–H groups in total. The molecule has 24 heavy (non-hydrogen) atoms. The molecule has 0 aromatic carbocycles. The first-order chi connectivity index (χ1) is 11.1. The molecule has 0 spiro atoms. The summed E-state index contributed by atoms with van der Waals surface area (Å²) < 4.78 is 0. The number of fused-ring (bicyclic) bond motifs is 2. The molecule has 0 aliphatic carbocycles. The molecule has 2 fully saturated rings. The van der Waals surface area contributed by atoms with Crippen molar-refractivity contribution in [2.24, 2.45) is 11.8 Å². The number of hydrogen-bond acceptors (Lipinski definition) is 6. The van der Waals surface area contributed by atoms with Crippen molar-refractivity contribution in [2.45, 2.75) is 18.9 Å². The average molecular weight is 385 g/mol. The van der Waals surface area contributed by atoms with Crippen LogP contribution in [0.3, 0.4) is 0 Å². The van der Waals surface area contributed by atoms with Gasteiger partial charge in [0.05, 0.1) is 5.75 Å². The molecule has 2 aromatic rings. The molecule has 4 heterocycles. The lowest BCUT2D eigenvalue weighted by Gasteiger charge is -2.17. The maximum Gasteiger partial charge on any atom is 0.233 e. The van der Waals surface area contributed by atoms with Gasteiger partial charge < -0.3 is 10.2 Å². The number of amides is 1. The van der Waals surface area contributed by atoms with E-state index >= 15 is 0 Å². The van der Waals surface area contributed by atoms with Gasteiger partial charge in [-0.15, -0.1) is 23.7 Å². The Morgan fingerprint density at radius 1 is 1.33 bits per heavy atom.